The molecule has 5 nitrogen and oxygen atoms in total. The van der Waals surface area contributed by atoms with Gasteiger partial charge in [-0.1, -0.05) is 0 Å². The van der Waals surface area contributed by atoms with Crippen LogP contribution in [0.4, 0.5) is 20.2 Å². The van der Waals surface area contributed by atoms with E-state index in [1.165, 1.54) is 13.2 Å². The van der Waals surface area contributed by atoms with Gasteiger partial charge >= 0.3 is 0 Å². The molecule has 2 aromatic rings. The van der Waals surface area contributed by atoms with Gasteiger partial charge in [0.25, 0.3) is 5.91 Å². The van der Waals surface area contributed by atoms with Gasteiger partial charge in [0.1, 0.15) is 17.3 Å². The van der Waals surface area contributed by atoms with Crippen molar-refractivity contribution in [1.82, 2.24) is 9.78 Å². The van der Waals surface area contributed by atoms with Crippen LogP contribution in [0.1, 0.15) is 30.2 Å². The SMILES string of the molecule is CNc1c(F)cc(C(=O)Nc2cnn(C(C)C)c2)cc1F. The first-order chi connectivity index (χ1) is 9.92. The molecule has 0 fully saturated rings. The Balaban J connectivity index is 2.20. The lowest BCUT2D eigenvalue weighted by Gasteiger charge is -2.07. The van der Waals surface area contributed by atoms with Gasteiger partial charge in [-0.25, -0.2) is 8.78 Å². The fourth-order valence-corrected chi connectivity index (χ4v) is 1.83. The summed E-state index contributed by atoms with van der Waals surface area (Å²) in [6, 6.07) is 2.12. The average Bonchev–Trinajstić information content (AvgIpc) is 2.87. The summed E-state index contributed by atoms with van der Waals surface area (Å²) < 4.78 is 28.9. The van der Waals surface area contributed by atoms with E-state index >= 15 is 0 Å². The molecule has 1 aromatic carbocycles. The molecule has 21 heavy (non-hydrogen) atoms. The molecule has 0 saturated carbocycles. The number of hydrogen-bond acceptors (Lipinski definition) is 3. The monoisotopic (exact) mass is 294 g/mol. The van der Waals surface area contributed by atoms with Gasteiger partial charge in [-0.15, -0.1) is 0 Å². The van der Waals surface area contributed by atoms with Gasteiger partial charge in [0.05, 0.1) is 11.9 Å². The van der Waals surface area contributed by atoms with Gasteiger partial charge in [-0.05, 0) is 26.0 Å². The second-order valence-electron chi connectivity index (χ2n) is 4.82. The number of aromatic nitrogens is 2. The third-order valence-electron chi connectivity index (χ3n) is 2.94. The highest BCUT2D eigenvalue weighted by Crippen LogP contribution is 2.21. The van der Waals surface area contributed by atoms with Crippen LogP contribution < -0.4 is 10.6 Å². The molecular weight excluding hydrogens is 278 g/mol. The van der Waals surface area contributed by atoms with Crippen molar-refractivity contribution < 1.29 is 13.6 Å². The van der Waals surface area contributed by atoms with Crippen molar-refractivity contribution in [1.29, 1.82) is 0 Å². The first-order valence-electron chi connectivity index (χ1n) is 6.44. The molecule has 2 N–H and O–H groups in total. The second kappa shape index (κ2) is 5.90. The summed E-state index contributed by atoms with van der Waals surface area (Å²) in [5, 5.41) is 9.02. The Morgan fingerprint density at radius 3 is 2.38 bits per heavy atom. The lowest BCUT2D eigenvalue weighted by atomic mass is 10.1. The minimum absolute atomic E-state index is 0.0960. The van der Waals surface area contributed by atoms with E-state index in [0.29, 0.717) is 5.69 Å². The fourth-order valence-electron chi connectivity index (χ4n) is 1.83. The van der Waals surface area contributed by atoms with Crippen LogP contribution in [-0.2, 0) is 0 Å². The first-order valence-corrected chi connectivity index (χ1v) is 6.44. The highest BCUT2D eigenvalue weighted by atomic mass is 19.1. The minimum atomic E-state index is -0.819. The number of carbonyl (C=O) groups excluding carboxylic acids is 1. The summed E-state index contributed by atoms with van der Waals surface area (Å²) in [6.45, 7) is 3.89. The summed E-state index contributed by atoms with van der Waals surface area (Å²) in [6.07, 6.45) is 3.13. The topological polar surface area (TPSA) is 59.0 Å². The van der Waals surface area contributed by atoms with Gasteiger partial charge in [0, 0.05) is 24.8 Å². The van der Waals surface area contributed by atoms with E-state index in [9.17, 15) is 13.6 Å². The van der Waals surface area contributed by atoms with E-state index in [1.807, 2.05) is 13.8 Å². The number of amides is 1. The molecule has 0 spiro atoms. The Labute approximate surface area is 121 Å². The highest BCUT2D eigenvalue weighted by Gasteiger charge is 2.15. The molecule has 0 aliphatic carbocycles. The van der Waals surface area contributed by atoms with Crippen LogP contribution in [0.15, 0.2) is 24.5 Å². The second-order valence-corrected chi connectivity index (χ2v) is 4.82. The normalized spacial score (nSPS) is 10.8. The van der Waals surface area contributed by atoms with Crippen molar-refractivity contribution >= 4 is 17.3 Å². The van der Waals surface area contributed by atoms with Gasteiger partial charge in [-0.2, -0.15) is 5.10 Å². The summed E-state index contributed by atoms with van der Waals surface area (Å²) in [5.41, 5.74) is 0.104. The number of nitrogens with one attached hydrogen (secondary N) is 2. The maximum absolute atomic E-state index is 13.6. The molecular formula is C14H16F2N4O. The van der Waals surface area contributed by atoms with Gasteiger partial charge in [-0.3, -0.25) is 9.48 Å². The highest BCUT2D eigenvalue weighted by molar-refractivity contribution is 6.04. The molecule has 0 atom stereocenters. The summed E-state index contributed by atoms with van der Waals surface area (Å²) in [4.78, 5) is 12.0. The number of hydrogen-bond donors (Lipinski definition) is 2. The van der Waals surface area contributed by atoms with Crippen LogP contribution in [0.5, 0.6) is 0 Å². The maximum atomic E-state index is 13.6. The largest absolute Gasteiger partial charge is 0.383 e. The maximum Gasteiger partial charge on any atom is 0.255 e. The van der Waals surface area contributed by atoms with Crippen LogP contribution in [0.3, 0.4) is 0 Å². The zero-order valence-corrected chi connectivity index (χ0v) is 11.9. The third-order valence-corrected chi connectivity index (χ3v) is 2.94. The van der Waals surface area contributed by atoms with Crippen molar-refractivity contribution in [2.45, 2.75) is 19.9 Å². The van der Waals surface area contributed by atoms with Gasteiger partial charge in [0.2, 0.25) is 0 Å². The van der Waals surface area contributed by atoms with E-state index in [-0.39, 0.29) is 17.3 Å². The Morgan fingerprint density at radius 1 is 1.29 bits per heavy atom. The first kappa shape index (κ1) is 15.0. The lowest BCUT2D eigenvalue weighted by Crippen LogP contribution is -2.13. The lowest BCUT2D eigenvalue weighted by molar-refractivity contribution is 0.102. The zero-order chi connectivity index (χ0) is 15.6. The summed E-state index contributed by atoms with van der Waals surface area (Å²) in [5.74, 6) is -2.24. The molecule has 7 heteroatoms. The molecule has 0 unspecified atom stereocenters. The molecule has 0 aliphatic heterocycles. The van der Waals surface area contributed by atoms with Gasteiger partial charge in [0.15, 0.2) is 0 Å². The number of benzene rings is 1. The Bertz CT molecular complexity index is 644. The van der Waals surface area contributed by atoms with Crippen LogP contribution in [-0.4, -0.2) is 22.7 Å². The smallest absolute Gasteiger partial charge is 0.255 e. The van der Waals surface area contributed by atoms with E-state index < -0.39 is 17.5 Å². The molecule has 0 radical (unpaired) electrons. The predicted molar refractivity (Wildman–Crippen MR) is 76.5 cm³/mol. The summed E-state index contributed by atoms with van der Waals surface area (Å²) in [7, 11) is 1.40. The standard InChI is InChI=1S/C14H16F2N4O/c1-8(2)20-7-10(6-18-20)19-14(21)9-4-11(15)13(17-3)12(16)5-9/h4-8,17H,1-3H3,(H,19,21). The van der Waals surface area contributed by atoms with E-state index in [0.717, 1.165) is 12.1 Å². The molecule has 112 valence electrons. The van der Waals surface area contributed by atoms with E-state index in [2.05, 4.69) is 15.7 Å². The molecule has 0 saturated heterocycles. The van der Waals surface area contributed by atoms with Crippen LogP contribution in [0, 0.1) is 11.6 Å². The van der Waals surface area contributed by atoms with Crippen molar-refractivity contribution in [3.63, 3.8) is 0 Å². The molecule has 1 heterocycles. The number of rotatable bonds is 4. The van der Waals surface area contributed by atoms with Crippen LogP contribution >= 0.6 is 0 Å². The molecule has 2 rings (SSSR count). The Morgan fingerprint density at radius 2 is 1.90 bits per heavy atom. The quantitative estimate of drug-likeness (QED) is 0.911. The van der Waals surface area contributed by atoms with E-state index in [1.54, 1.807) is 10.9 Å². The van der Waals surface area contributed by atoms with Crippen molar-refractivity contribution in [3.05, 3.63) is 41.7 Å². The van der Waals surface area contributed by atoms with Crippen LogP contribution in [0.2, 0.25) is 0 Å². The molecule has 1 aromatic heterocycles. The zero-order valence-electron chi connectivity index (χ0n) is 11.9. The van der Waals surface area contributed by atoms with Crippen molar-refractivity contribution in [2.24, 2.45) is 0 Å². The Hall–Kier alpha value is -2.44. The van der Waals surface area contributed by atoms with Gasteiger partial charge < -0.3 is 10.6 Å². The molecule has 0 bridgehead atoms. The average molecular weight is 294 g/mol. The van der Waals surface area contributed by atoms with Crippen molar-refractivity contribution in [3.8, 4) is 0 Å². The number of carbonyl (C=O) groups is 1. The fraction of sp³-hybridized carbons (Fsp3) is 0.286. The number of anilines is 2. The summed E-state index contributed by atoms with van der Waals surface area (Å²) >= 11 is 0. The Kier molecular flexibility index (Phi) is 4.21. The number of halogens is 2. The minimum Gasteiger partial charge on any atom is -0.383 e. The molecule has 0 aliphatic rings. The van der Waals surface area contributed by atoms with E-state index in [4.69, 9.17) is 0 Å². The molecule has 1 amide bonds. The predicted octanol–water partition coefficient (Wildman–Crippen LogP) is 3.04. The van der Waals surface area contributed by atoms with Crippen molar-refractivity contribution in [2.75, 3.05) is 17.7 Å². The number of nitrogens with zero attached hydrogens (tertiary/aromatic N) is 2. The van der Waals surface area contributed by atoms with Crippen LogP contribution in [0.25, 0.3) is 0 Å². The third kappa shape index (κ3) is 3.18.